The predicted molar refractivity (Wildman–Crippen MR) is 51.7 cm³/mol. The second kappa shape index (κ2) is 8.38. The minimum absolute atomic E-state index is 0.178. The predicted octanol–water partition coefficient (Wildman–Crippen LogP) is -1.51. The van der Waals surface area contributed by atoms with Gasteiger partial charge in [0.05, 0.1) is 6.61 Å². The number of aliphatic carboxylic acids is 3. The van der Waals surface area contributed by atoms with Gasteiger partial charge in [-0.15, -0.1) is 0 Å². The van der Waals surface area contributed by atoms with Crippen LogP contribution in [0.15, 0.2) is 11.6 Å². The average Bonchev–Trinajstić information content (AvgIpc) is 2.16. The van der Waals surface area contributed by atoms with E-state index in [1.165, 1.54) is 6.92 Å². The van der Waals surface area contributed by atoms with Gasteiger partial charge >= 0.3 is 17.9 Å². The van der Waals surface area contributed by atoms with E-state index < -0.39 is 30.6 Å². The zero-order valence-electron chi connectivity index (χ0n) is 8.45. The SMILES string of the molecule is C/C(=C\C(=O)O)C(=O)O.N[C@@H](CO)C(=O)O. The Hall–Kier alpha value is -1.93. The molecule has 0 amide bonds. The van der Waals surface area contributed by atoms with Gasteiger partial charge in [0, 0.05) is 11.6 Å². The number of nitrogens with two attached hydrogens (primary N) is 1. The molecule has 0 bridgehead atoms. The molecule has 6 N–H and O–H groups in total. The van der Waals surface area contributed by atoms with E-state index in [4.69, 9.17) is 26.2 Å². The Morgan fingerprint density at radius 1 is 1.25 bits per heavy atom. The second-order valence-corrected chi connectivity index (χ2v) is 2.60. The number of rotatable bonds is 4. The first-order chi connectivity index (χ1) is 7.22. The van der Waals surface area contributed by atoms with Crippen LogP contribution in [0.5, 0.6) is 0 Å². The third-order valence-corrected chi connectivity index (χ3v) is 1.19. The van der Waals surface area contributed by atoms with E-state index in [0.717, 1.165) is 0 Å². The summed E-state index contributed by atoms with van der Waals surface area (Å²) in [5.41, 5.74) is 4.59. The van der Waals surface area contributed by atoms with Crippen LogP contribution in [-0.2, 0) is 14.4 Å². The van der Waals surface area contributed by atoms with Crippen LogP contribution in [0, 0.1) is 0 Å². The lowest BCUT2D eigenvalue weighted by atomic mass is 10.3. The van der Waals surface area contributed by atoms with Crippen LogP contribution in [0.25, 0.3) is 0 Å². The molecule has 0 unspecified atom stereocenters. The third-order valence-electron chi connectivity index (χ3n) is 1.19. The maximum absolute atomic E-state index is 9.90. The molecule has 0 heterocycles. The summed E-state index contributed by atoms with van der Waals surface area (Å²) in [5, 5.41) is 32.0. The maximum atomic E-state index is 9.90. The molecule has 0 fully saturated rings. The molecule has 8 nitrogen and oxygen atoms in total. The van der Waals surface area contributed by atoms with Crippen LogP contribution in [-0.4, -0.2) is 51.0 Å². The number of carboxylic acids is 3. The monoisotopic (exact) mass is 235 g/mol. The molecule has 0 radical (unpaired) electrons. The van der Waals surface area contributed by atoms with E-state index in [2.05, 4.69) is 0 Å². The lowest BCUT2D eigenvalue weighted by Gasteiger charge is -1.96. The first-order valence-electron chi connectivity index (χ1n) is 3.96. The van der Waals surface area contributed by atoms with Crippen LogP contribution >= 0.6 is 0 Å². The highest BCUT2D eigenvalue weighted by Crippen LogP contribution is 1.89. The van der Waals surface area contributed by atoms with Crippen LogP contribution in [0.4, 0.5) is 0 Å². The van der Waals surface area contributed by atoms with E-state index in [0.29, 0.717) is 6.08 Å². The van der Waals surface area contributed by atoms with E-state index >= 15 is 0 Å². The van der Waals surface area contributed by atoms with Crippen molar-refractivity contribution in [1.29, 1.82) is 0 Å². The molecule has 16 heavy (non-hydrogen) atoms. The van der Waals surface area contributed by atoms with Crippen molar-refractivity contribution >= 4 is 17.9 Å². The van der Waals surface area contributed by atoms with Crippen LogP contribution in [0.3, 0.4) is 0 Å². The molecule has 0 aromatic heterocycles. The molecule has 0 saturated carbocycles. The molecule has 0 aliphatic carbocycles. The first-order valence-corrected chi connectivity index (χ1v) is 3.96. The van der Waals surface area contributed by atoms with Crippen molar-refractivity contribution in [3.63, 3.8) is 0 Å². The normalized spacial score (nSPS) is 12.1. The van der Waals surface area contributed by atoms with Crippen LogP contribution in [0.2, 0.25) is 0 Å². The van der Waals surface area contributed by atoms with Crippen molar-refractivity contribution in [3.05, 3.63) is 11.6 Å². The fourth-order valence-electron chi connectivity index (χ4n) is 0.325. The average molecular weight is 235 g/mol. The van der Waals surface area contributed by atoms with Gasteiger partial charge in [-0.1, -0.05) is 0 Å². The summed E-state index contributed by atoms with van der Waals surface area (Å²) >= 11 is 0. The van der Waals surface area contributed by atoms with Crippen molar-refractivity contribution in [3.8, 4) is 0 Å². The van der Waals surface area contributed by atoms with Gasteiger partial charge in [0.1, 0.15) is 6.04 Å². The highest BCUT2D eigenvalue weighted by atomic mass is 16.4. The summed E-state index contributed by atoms with van der Waals surface area (Å²) in [7, 11) is 0. The van der Waals surface area contributed by atoms with Gasteiger partial charge in [-0.2, -0.15) is 0 Å². The Morgan fingerprint density at radius 2 is 1.69 bits per heavy atom. The molecule has 8 heteroatoms. The van der Waals surface area contributed by atoms with Crippen molar-refractivity contribution in [2.45, 2.75) is 13.0 Å². The summed E-state index contributed by atoms with van der Waals surface area (Å²) in [4.78, 5) is 29.3. The maximum Gasteiger partial charge on any atom is 0.331 e. The van der Waals surface area contributed by atoms with Gasteiger partial charge in [-0.3, -0.25) is 4.79 Å². The molecule has 0 rings (SSSR count). The summed E-state index contributed by atoms with van der Waals surface area (Å²) in [6.45, 7) is 0.714. The standard InChI is InChI=1S/C5H6O4.C3H7NO3/c1-3(5(8)9)2-4(6)7;4-2(1-5)3(6)7/h2H,1H3,(H,6,7)(H,8,9);2,5H,1,4H2,(H,6,7)/b3-2+;/t;2-/m.0/s1. The van der Waals surface area contributed by atoms with Crippen molar-refractivity contribution in [2.24, 2.45) is 5.73 Å². The Balaban J connectivity index is 0. The van der Waals surface area contributed by atoms with Crippen molar-refractivity contribution in [1.82, 2.24) is 0 Å². The highest BCUT2D eigenvalue weighted by Gasteiger charge is 2.07. The van der Waals surface area contributed by atoms with Crippen LogP contribution in [0.1, 0.15) is 6.92 Å². The molecule has 0 aromatic rings. The zero-order chi connectivity index (χ0) is 13.3. The zero-order valence-corrected chi connectivity index (χ0v) is 8.45. The highest BCUT2D eigenvalue weighted by molar-refractivity contribution is 5.93. The van der Waals surface area contributed by atoms with Crippen molar-refractivity contribution < 1.29 is 34.8 Å². The lowest BCUT2D eigenvalue weighted by Crippen LogP contribution is -2.33. The second-order valence-electron chi connectivity index (χ2n) is 2.60. The number of carboxylic acid groups (broad SMARTS) is 3. The minimum atomic E-state index is -1.24. The van der Waals surface area contributed by atoms with Gasteiger partial charge in [-0.05, 0) is 6.92 Å². The minimum Gasteiger partial charge on any atom is -0.480 e. The summed E-state index contributed by atoms with van der Waals surface area (Å²) in [6, 6.07) is -1.13. The van der Waals surface area contributed by atoms with Crippen LogP contribution < -0.4 is 5.73 Å². The fourth-order valence-corrected chi connectivity index (χ4v) is 0.325. The fraction of sp³-hybridized carbons (Fsp3) is 0.375. The first kappa shape index (κ1) is 16.5. The van der Waals surface area contributed by atoms with E-state index in [9.17, 15) is 14.4 Å². The molecular formula is C8H13NO7. The van der Waals surface area contributed by atoms with Gasteiger partial charge in [-0.25, -0.2) is 9.59 Å². The van der Waals surface area contributed by atoms with Crippen molar-refractivity contribution in [2.75, 3.05) is 6.61 Å². The molecule has 0 aromatic carbocycles. The number of hydrogen-bond acceptors (Lipinski definition) is 5. The molecule has 0 saturated heterocycles. The van der Waals surface area contributed by atoms with Gasteiger partial charge in [0.2, 0.25) is 0 Å². The van der Waals surface area contributed by atoms with Gasteiger partial charge < -0.3 is 26.2 Å². The lowest BCUT2D eigenvalue weighted by molar-refractivity contribution is -0.139. The van der Waals surface area contributed by atoms with Gasteiger partial charge in [0.25, 0.3) is 0 Å². The summed E-state index contributed by atoms with van der Waals surface area (Å²) in [5.74, 6) is -3.63. The number of hydrogen-bond donors (Lipinski definition) is 5. The van der Waals surface area contributed by atoms with E-state index in [1.807, 2.05) is 0 Å². The van der Waals surface area contributed by atoms with E-state index in [1.54, 1.807) is 0 Å². The molecule has 0 aliphatic heterocycles. The number of aliphatic hydroxyl groups is 1. The molecule has 0 aliphatic rings. The molecule has 0 spiro atoms. The third kappa shape index (κ3) is 10.2. The molecule has 92 valence electrons. The molecule has 1 atom stereocenters. The largest absolute Gasteiger partial charge is 0.480 e. The topological polar surface area (TPSA) is 158 Å². The summed E-state index contributed by atoms with van der Waals surface area (Å²) < 4.78 is 0. The summed E-state index contributed by atoms with van der Waals surface area (Å²) in [6.07, 6.45) is 0.641. The Kier molecular flexibility index (Phi) is 8.65. The van der Waals surface area contributed by atoms with Gasteiger partial charge in [0.15, 0.2) is 0 Å². The Labute approximate surface area is 90.6 Å². The quantitative estimate of drug-likeness (QED) is 0.368. The Bertz CT molecular complexity index is 297. The number of carbonyl (C=O) groups is 3. The smallest absolute Gasteiger partial charge is 0.331 e. The Morgan fingerprint density at radius 3 is 1.75 bits per heavy atom. The van der Waals surface area contributed by atoms with E-state index in [-0.39, 0.29) is 5.57 Å². The number of aliphatic hydroxyl groups excluding tert-OH is 1. The molecular weight excluding hydrogens is 222 g/mol.